The maximum atomic E-state index is 12.1. The van der Waals surface area contributed by atoms with Gasteiger partial charge >= 0.3 is 0 Å². The summed E-state index contributed by atoms with van der Waals surface area (Å²) in [6.45, 7) is 5.22. The maximum Gasteiger partial charge on any atom is 0.220 e. The average Bonchev–Trinajstić information content (AvgIpc) is 3.02. The van der Waals surface area contributed by atoms with E-state index in [1.807, 2.05) is 11.3 Å². The van der Waals surface area contributed by atoms with Crippen LogP contribution in [0.1, 0.15) is 61.0 Å². The zero-order valence-corrected chi connectivity index (χ0v) is 15.7. The third-order valence-electron chi connectivity index (χ3n) is 5.48. The number of nitrogens with zero attached hydrogens (tertiary/aromatic N) is 1. The normalized spacial score (nSPS) is 19.7. The van der Waals surface area contributed by atoms with Gasteiger partial charge in [-0.3, -0.25) is 4.79 Å². The van der Waals surface area contributed by atoms with Crippen molar-refractivity contribution in [2.75, 3.05) is 19.6 Å². The molecule has 1 amide bonds. The summed E-state index contributed by atoms with van der Waals surface area (Å²) in [5.74, 6) is 1.43. The van der Waals surface area contributed by atoms with Crippen molar-refractivity contribution < 1.29 is 4.79 Å². The van der Waals surface area contributed by atoms with Gasteiger partial charge in [0.05, 0.1) is 10.7 Å². The predicted octanol–water partition coefficient (Wildman–Crippen LogP) is 3.10. The van der Waals surface area contributed by atoms with Gasteiger partial charge in [0.1, 0.15) is 0 Å². The van der Waals surface area contributed by atoms with Crippen LogP contribution < -0.4 is 10.6 Å². The van der Waals surface area contributed by atoms with E-state index in [0.29, 0.717) is 18.3 Å². The van der Waals surface area contributed by atoms with E-state index < -0.39 is 0 Å². The number of aromatic nitrogens is 1. The number of piperidine rings is 1. The third-order valence-corrected chi connectivity index (χ3v) is 6.69. The van der Waals surface area contributed by atoms with Gasteiger partial charge in [0.2, 0.25) is 5.91 Å². The lowest BCUT2D eigenvalue weighted by Crippen LogP contribution is -2.33. The summed E-state index contributed by atoms with van der Waals surface area (Å²) in [4.78, 5) is 18.4. The highest BCUT2D eigenvalue weighted by atomic mass is 32.1. The molecular weight excluding hydrogens is 318 g/mol. The number of aryl methyl sites for hydroxylation is 3. The van der Waals surface area contributed by atoms with Crippen LogP contribution in [0.3, 0.4) is 0 Å². The second-order valence-electron chi connectivity index (χ2n) is 7.41. The van der Waals surface area contributed by atoms with Crippen molar-refractivity contribution >= 4 is 17.2 Å². The molecule has 1 aromatic heterocycles. The molecule has 2 aliphatic rings. The fraction of sp³-hybridized carbons (Fsp3) is 0.789. The molecule has 0 spiro atoms. The molecule has 24 heavy (non-hydrogen) atoms. The van der Waals surface area contributed by atoms with Crippen LogP contribution in [0.5, 0.6) is 0 Å². The molecule has 0 saturated carbocycles. The van der Waals surface area contributed by atoms with Crippen molar-refractivity contribution in [3.05, 3.63) is 15.6 Å². The Morgan fingerprint density at radius 1 is 1.33 bits per heavy atom. The van der Waals surface area contributed by atoms with E-state index in [2.05, 4.69) is 17.6 Å². The number of carbonyl (C=O) groups excluding carboxylic acids is 1. The van der Waals surface area contributed by atoms with E-state index in [0.717, 1.165) is 38.9 Å². The van der Waals surface area contributed by atoms with Crippen LogP contribution in [0.2, 0.25) is 0 Å². The summed E-state index contributed by atoms with van der Waals surface area (Å²) >= 11 is 1.89. The van der Waals surface area contributed by atoms with E-state index in [4.69, 9.17) is 4.98 Å². The zero-order chi connectivity index (χ0) is 16.8. The van der Waals surface area contributed by atoms with Gasteiger partial charge in [-0.1, -0.05) is 6.92 Å². The lowest BCUT2D eigenvalue weighted by molar-refractivity contribution is -0.122. The minimum atomic E-state index is 0.222. The first-order valence-corrected chi connectivity index (χ1v) is 10.5. The molecule has 0 aromatic carbocycles. The Labute approximate surface area is 149 Å². The smallest absolute Gasteiger partial charge is 0.220 e. The highest BCUT2D eigenvalue weighted by molar-refractivity contribution is 7.11. The quantitative estimate of drug-likeness (QED) is 0.744. The molecule has 5 heteroatoms. The molecule has 1 aliphatic carbocycles. The molecule has 1 aromatic rings. The number of fused-ring (bicyclic) bond motifs is 1. The van der Waals surface area contributed by atoms with Crippen LogP contribution in [0.4, 0.5) is 0 Å². The highest BCUT2D eigenvalue weighted by Crippen LogP contribution is 2.27. The minimum Gasteiger partial charge on any atom is -0.356 e. The Morgan fingerprint density at radius 2 is 2.12 bits per heavy atom. The summed E-state index contributed by atoms with van der Waals surface area (Å²) in [7, 11) is 0. The third kappa shape index (κ3) is 5.03. The summed E-state index contributed by atoms with van der Waals surface area (Å²) in [6, 6.07) is 0. The molecule has 2 heterocycles. The van der Waals surface area contributed by atoms with Gasteiger partial charge in [0.25, 0.3) is 0 Å². The minimum absolute atomic E-state index is 0.222. The van der Waals surface area contributed by atoms with Crippen molar-refractivity contribution in [3.63, 3.8) is 0 Å². The number of rotatable bonds is 7. The average molecular weight is 350 g/mol. The van der Waals surface area contributed by atoms with Gasteiger partial charge in [-0.15, -0.1) is 11.3 Å². The van der Waals surface area contributed by atoms with Crippen molar-refractivity contribution in [1.82, 2.24) is 15.6 Å². The van der Waals surface area contributed by atoms with Crippen LogP contribution in [-0.2, 0) is 24.1 Å². The molecule has 4 nitrogen and oxygen atoms in total. The van der Waals surface area contributed by atoms with Gasteiger partial charge in [-0.25, -0.2) is 4.98 Å². The number of hydrogen-bond acceptors (Lipinski definition) is 4. The number of thiazole rings is 1. The number of nitrogens with one attached hydrogen (secondary N) is 2. The fourth-order valence-corrected chi connectivity index (χ4v) is 5.12. The number of carbonyl (C=O) groups is 1. The first kappa shape index (κ1) is 17.9. The lowest BCUT2D eigenvalue weighted by atomic mass is 9.84. The Morgan fingerprint density at radius 3 is 2.92 bits per heavy atom. The summed E-state index contributed by atoms with van der Waals surface area (Å²) < 4.78 is 0. The van der Waals surface area contributed by atoms with Crippen molar-refractivity contribution in [1.29, 1.82) is 0 Å². The van der Waals surface area contributed by atoms with E-state index in [-0.39, 0.29) is 5.91 Å². The first-order chi connectivity index (χ1) is 11.7. The molecule has 1 fully saturated rings. The Kier molecular flexibility index (Phi) is 6.67. The second-order valence-corrected chi connectivity index (χ2v) is 8.58. The van der Waals surface area contributed by atoms with Gasteiger partial charge in [0, 0.05) is 24.3 Å². The Bertz CT molecular complexity index is 513. The molecule has 2 N–H and O–H groups in total. The molecule has 3 rings (SSSR count). The Hall–Kier alpha value is -0.940. The first-order valence-electron chi connectivity index (χ1n) is 9.67. The molecule has 134 valence electrons. The van der Waals surface area contributed by atoms with E-state index >= 15 is 0 Å². The lowest BCUT2D eigenvalue weighted by Gasteiger charge is -2.27. The van der Waals surface area contributed by atoms with Crippen LogP contribution in [0.15, 0.2) is 0 Å². The SMILES string of the molecule is CC(CC(=O)NCCCc1nc2c(s1)CCCC2)C1CCNCC1. The van der Waals surface area contributed by atoms with Crippen LogP contribution in [-0.4, -0.2) is 30.5 Å². The summed E-state index contributed by atoms with van der Waals surface area (Å²) in [5.41, 5.74) is 1.35. The van der Waals surface area contributed by atoms with Gasteiger partial charge < -0.3 is 10.6 Å². The topological polar surface area (TPSA) is 54.0 Å². The summed E-state index contributed by atoms with van der Waals surface area (Å²) in [6.07, 6.45) is 10.1. The van der Waals surface area contributed by atoms with Gasteiger partial charge in [-0.05, 0) is 69.9 Å². The molecule has 1 unspecified atom stereocenters. The van der Waals surface area contributed by atoms with Crippen LogP contribution >= 0.6 is 11.3 Å². The maximum absolute atomic E-state index is 12.1. The number of amides is 1. The predicted molar refractivity (Wildman–Crippen MR) is 99.5 cm³/mol. The molecule has 0 bridgehead atoms. The van der Waals surface area contributed by atoms with E-state index in [1.165, 1.54) is 47.7 Å². The van der Waals surface area contributed by atoms with Crippen molar-refractivity contribution in [3.8, 4) is 0 Å². The van der Waals surface area contributed by atoms with Gasteiger partial charge in [0.15, 0.2) is 0 Å². The molecule has 1 aliphatic heterocycles. The van der Waals surface area contributed by atoms with E-state index in [1.54, 1.807) is 0 Å². The highest BCUT2D eigenvalue weighted by Gasteiger charge is 2.21. The monoisotopic (exact) mass is 349 g/mol. The number of hydrogen-bond donors (Lipinski definition) is 2. The molecule has 1 saturated heterocycles. The molecular formula is C19H31N3OS. The second kappa shape index (κ2) is 8.95. The molecule has 1 atom stereocenters. The van der Waals surface area contributed by atoms with Gasteiger partial charge in [-0.2, -0.15) is 0 Å². The van der Waals surface area contributed by atoms with Crippen LogP contribution in [0, 0.1) is 11.8 Å². The molecule has 0 radical (unpaired) electrons. The van der Waals surface area contributed by atoms with Crippen molar-refractivity contribution in [2.45, 2.75) is 64.7 Å². The van der Waals surface area contributed by atoms with E-state index in [9.17, 15) is 4.79 Å². The Balaban J connectivity index is 1.32. The largest absolute Gasteiger partial charge is 0.356 e. The summed E-state index contributed by atoms with van der Waals surface area (Å²) in [5, 5.41) is 7.76. The van der Waals surface area contributed by atoms with Crippen LogP contribution in [0.25, 0.3) is 0 Å². The fourth-order valence-electron chi connectivity index (χ4n) is 3.92. The van der Waals surface area contributed by atoms with Crippen molar-refractivity contribution in [2.24, 2.45) is 11.8 Å². The standard InChI is InChI=1S/C19H31N3OS/c1-14(15-8-11-20-12-9-15)13-18(23)21-10-4-7-19-22-16-5-2-3-6-17(16)24-19/h14-15,20H,2-13H2,1H3,(H,21,23). The zero-order valence-electron chi connectivity index (χ0n) is 14.9.